The number of nitrogens with zero attached hydrogens (tertiary/aromatic N) is 2. The Kier molecular flexibility index (Phi) is 3.34. The molecule has 2 rings (SSSR count). The smallest absolute Gasteiger partial charge is 0.255 e. The molecule has 6 nitrogen and oxygen atoms in total. The zero-order valence-electron chi connectivity index (χ0n) is 9.30. The molecule has 0 aliphatic rings. The van der Waals surface area contributed by atoms with Crippen LogP contribution in [-0.4, -0.2) is 22.6 Å². The molecule has 0 aliphatic heterocycles. The number of aromatic nitrogens is 2. The van der Waals surface area contributed by atoms with Crippen LogP contribution in [0.1, 0.15) is 17.3 Å². The van der Waals surface area contributed by atoms with E-state index in [1.165, 1.54) is 12.5 Å². The zero-order valence-corrected chi connectivity index (χ0v) is 9.30. The average Bonchev–Trinajstić information content (AvgIpc) is 2.83. The lowest BCUT2D eigenvalue weighted by Crippen LogP contribution is -2.12. The van der Waals surface area contributed by atoms with Gasteiger partial charge in [-0.05, 0) is 19.1 Å². The molecule has 0 saturated heterocycles. The number of hydrogen-bond donors (Lipinski definition) is 2. The van der Waals surface area contributed by atoms with Crippen LogP contribution < -0.4 is 10.6 Å². The van der Waals surface area contributed by atoms with Gasteiger partial charge in [-0.15, -0.1) is 0 Å². The summed E-state index contributed by atoms with van der Waals surface area (Å²) in [5, 5.41) is 9.20. The number of pyridine rings is 1. The van der Waals surface area contributed by atoms with Crippen LogP contribution in [0.4, 0.5) is 11.5 Å². The van der Waals surface area contributed by atoms with E-state index in [1.54, 1.807) is 18.3 Å². The van der Waals surface area contributed by atoms with Crippen LogP contribution in [0.2, 0.25) is 0 Å². The van der Waals surface area contributed by atoms with Gasteiger partial charge in [0.1, 0.15) is 17.8 Å². The van der Waals surface area contributed by atoms with Crippen LogP contribution >= 0.6 is 0 Å². The average molecular weight is 232 g/mol. The van der Waals surface area contributed by atoms with Gasteiger partial charge < -0.3 is 15.2 Å². The highest BCUT2D eigenvalue weighted by Crippen LogP contribution is 2.10. The van der Waals surface area contributed by atoms with E-state index in [0.717, 1.165) is 6.54 Å². The Morgan fingerprint density at radius 3 is 3.12 bits per heavy atom. The molecule has 0 aromatic carbocycles. The molecule has 0 fully saturated rings. The van der Waals surface area contributed by atoms with Gasteiger partial charge in [-0.3, -0.25) is 4.79 Å². The summed E-state index contributed by atoms with van der Waals surface area (Å²) >= 11 is 0. The predicted molar refractivity (Wildman–Crippen MR) is 62.9 cm³/mol. The number of rotatable bonds is 4. The minimum absolute atomic E-state index is 0.227. The quantitative estimate of drug-likeness (QED) is 0.839. The van der Waals surface area contributed by atoms with Gasteiger partial charge in [-0.25, -0.2) is 4.98 Å². The summed E-state index contributed by atoms with van der Waals surface area (Å²) < 4.78 is 4.62. The molecule has 0 aliphatic carbocycles. The summed E-state index contributed by atoms with van der Waals surface area (Å²) in [7, 11) is 0. The Hall–Kier alpha value is -2.37. The van der Waals surface area contributed by atoms with E-state index in [4.69, 9.17) is 0 Å². The molecule has 6 heteroatoms. The molecule has 2 aromatic heterocycles. The number of nitrogens with one attached hydrogen (secondary N) is 2. The molecule has 0 bridgehead atoms. The highest BCUT2D eigenvalue weighted by Gasteiger charge is 2.08. The van der Waals surface area contributed by atoms with Crippen LogP contribution in [0, 0.1) is 0 Å². The predicted octanol–water partition coefficient (Wildman–Crippen LogP) is 1.75. The van der Waals surface area contributed by atoms with Crippen molar-refractivity contribution in [2.45, 2.75) is 6.92 Å². The van der Waals surface area contributed by atoms with Gasteiger partial charge in [-0.2, -0.15) is 0 Å². The van der Waals surface area contributed by atoms with E-state index in [2.05, 4.69) is 25.3 Å². The second-order valence-corrected chi connectivity index (χ2v) is 3.33. The SMILES string of the molecule is CCNc1cc(C(=O)Nc2cnoc2)ccn1. The van der Waals surface area contributed by atoms with Gasteiger partial charge in [-0.1, -0.05) is 5.16 Å². The van der Waals surface area contributed by atoms with Crippen LogP contribution in [0.25, 0.3) is 0 Å². The minimum Gasteiger partial charge on any atom is -0.370 e. The molecule has 0 atom stereocenters. The monoisotopic (exact) mass is 232 g/mol. The maximum absolute atomic E-state index is 11.8. The Morgan fingerprint density at radius 1 is 1.53 bits per heavy atom. The van der Waals surface area contributed by atoms with Crippen molar-refractivity contribution in [1.29, 1.82) is 0 Å². The molecule has 88 valence electrons. The van der Waals surface area contributed by atoms with E-state index in [-0.39, 0.29) is 5.91 Å². The highest BCUT2D eigenvalue weighted by molar-refractivity contribution is 6.04. The number of hydrogen-bond acceptors (Lipinski definition) is 5. The summed E-state index contributed by atoms with van der Waals surface area (Å²) in [6.45, 7) is 2.72. The fourth-order valence-corrected chi connectivity index (χ4v) is 1.32. The normalized spacial score (nSPS) is 9.94. The first kappa shape index (κ1) is 11.1. The first-order valence-corrected chi connectivity index (χ1v) is 5.20. The van der Waals surface area contributed by atoms with Crippen LogP contribution in [0.3, 0.4) is 0 Å². The summed E-state index contributed by atoms with van der Waals surface area (Å²) in [4.78, 5) is 15.9. The lowest BCUT2D eigenvalue weighted by Gasteiger charge is -2.05. The van der Waals surface area contributed by atoms with E-state index in [1.807, 2.05) is 6.92 Å². The molecular weight excluding hydrogens is 220 g/mol. The number of carbonyl (C=O) groups is 1. The number of carbonyl (C=O) groups excluding carboxylic acids is 1. The first-order chi connectivity index (χ1) is 8.29. The van der Waals surface area contributed by atoms with Crippen molar-refractivity contribution in [2.75, 3.05) is 17.2 Å². The Balaban J connectivity index is 2.11. The van der Waals surface area contributed by atoms with Gasteiger partial charge in [0.15, 0.2) is 0 Å². The van der Waals surface area contributed by atoms with E-state index < -0.39 is 0 Å². The second kappa shape index (κ2) is 5.11. The largest absolute Gasteiger partial charge is 0.370 e. The maximum atomic E-state index is 11.8. The Morgan fingerprint density at radius 2 is 2.41 bits per heavy atom. The third-order valence-corrected chi connectivity index (χ3v) is 2.07. The number of amides is 1. The molecule has 2 heterocycles. The molecular formula is C11H12N4O2. The minimum atomic E-state index is -0.227. The van der Waals surface area contributed by atoms with Crippen molar-refractivity contribution < 1.29 is 9.32 Å². The lowest BCUT2D eigenvalue weighted by molar-refractivity contribution is 0.102. The van der Waals surface area contributed by atoms with Gasteiger partial charge >= 0.3 is 0 Å². The van der Waals surface area contributed by atoms with Crippen LogP contribution in [0.5, 0.6) is 0 Å². The lowest BCUT2D eigenvalue weighted by atomic mass is 10.2. The van der Waals surface area contributed by atoms with Crippen molar-refractivity contribution in [3.63, 3.8) is 0 Å². The topological polar surface area (TPSA) is 80.0 Å². The summed E-state index contributed by atoms with van der Waals surface area (Å²) in [5.74, 6) is 0.445. The second-order valence-electron chi connectivity index (χ2n) is 3.33. The first-order valence-electron chi connectivity index (χ1n) is 5.20. The fraction of sp³-hybridized carbons (Fsp3) is 0.182. The summed E-state index contributed by atoms with van der Waals surface area (Å²) in [5.41, 5.74) is 1.05. The third-order valence-electron chi connectivity index (χ3n) is 2.07. The van der Waals surface area contributed by atoms with Gasteiger partial charge in [0.05, 0.1) is 6.20 Å². The molecule has 1 amide bonds. The molecule has 2 aromatic rings. The Labute approximate surface area is 98.0 Å². The summed E-state index contributed by atoms with van der Waals surface area (Å²) in [6.07, 6.45) is 4.38. The van der Waals surface area contributed by atoms with Gasteiger partial charge in [0.2, 0.25) is 0 Å². The highest BCUT2D eigenvalue weighted by atomic mass is 16.5. The van der Waals surface area contributed by atoms with E-state index in [9.17, 15) is 4.79 Å². The van der Waals surface area contributed by atoms with E-state index >= 15 is 0 Å². The molecule has 0 radical (unpaired) electrons. The fourth-order valence-electron chi connectivity index (χ4n) is 1.32. The third kappa shape index (κ3) is 2.81. The molecule has 17 heavy (non-hydrogen) atoms. The molecule has 0 saturated carbocycles. The zero-order chi connectivity index (χ0) is 12.1. The van der Waals surface area contributed by atoms with Gasteiger partial charge in [0, 0.05) is 18.3 Å². The van der Waals surface area contributed by atoms with Crippen molar-refractivity contribution in [1.82, 2.24) is 10.1 Å². The maximum Gasteiger partial charge on any atom is 0.255 e. The van der Waals surface area contributed by atoms with E-state index in [0.29, 0.717) is 17.1 Å². The van der Waals surface area contributed by atoms with Crippen molar-refractivity contribution in [3.8, 4) is 0 Å². The van der Waals surface area contributed by atoms with Crippen molar-refractivity contribution in [3.05, 3.63) is 36.4 Å². The van der Waals surface area contributed by atoms with Gasteiger partial charge in [0.25, 0.3) is 5.91 Å². The molecule has 2 N–H and O–H groups in total. The van der Waals surface area contributed by atoms with Crippen molar-refractivity contribution in [2.24, 2.45) is 0 Å². The van der Waals surface area contributed by atoms with Crippen molar-refractivity contribution >= 4 is 17.4 Å². The Bertz CT molecular complexity index is 496. The van der Waals surface area contributed by atoms with Crippen LogP contribution in [0.15, 0.2) is 35.3 Å². The molecule has 0 spiro atoms. The van der Waals surface area contributed by atoms with Crippen LogP contribution in [-0.2, 0) is 0 Å². The standard InChI is InChI=1S/C11H12N4O2/c1-2-12-10-5-8(3-4-13-10)11(16)15-9-6-14-17-7-9/h3-7H,2H2,1H3,(H,12,13)(H,15,16). The summed E-state index contributed by atoms with van der Waals surface area (Å²) in [6, 6.07) is 3.33. The number of anilines is 2. The molecule has 0 unspecified atom stereocenters.